The molecule has 1 atom stereocenters. The Kier molecular flexibility index (Phi) is 6.04. The van der Waals surface area contributed by atoms with Crippen molar-refractivity contribution in [1.29, 1.82) is 0 Å². The molecule has 3 radical (unpaired) electrons. The summed E-state index contributed by atoms with van der Waals surface area (Å²) in [5.74, 6) is -0.708. The summed E-state index contributed by atoms with van der Waals surface area (Å²) in [7, 11) is 3.16. The van der Waals surface area contributed by atoms with E-state index in [1.807, 2.05) is 13.8 Å². The van der Waals surface area contributed by atoms with Gasteiger partial charge < -0.3 is 5.11 Å². The molecular formula is C6H11NaO2Si+. The normalized spacial score (nSPS) is 15.7. The minimum absolute atomic E-state index is 0. The second-order valence-electron chi connectivity index (χ2n) is 2.66. The van der Waals surface area contributed by atoms with Crippen LogP contribution in [0, 0.1) is 5.92 Å². The molecule has 0 rings (SSSR count). The molecule has 1 N–H and O–H groups in total. The van der Waals surface area contributed by atoms with E-state index in [1.165, 1.54) is 0 Å². The number of hydrogen-bond acceptors (Lipinski definition) is 1. The third-order valence-electron chi connectivity index (χ3n) is 1.60. The fourth-order valence-corrected chi connectivity index (χ4v) is 0.247. The van der Waals surface area contributed by atoms with E-state index >= 15 is 0 Å². The summed E-state index contributed by atoms with van der Waals surface area (Å²) in [4.78, 5) is 10.4. The molecule has 2 nitrogen and oxygen atoms in total. The fraction of sp³-hybridized carbons (Fsp3) is 0.833. The predicted molar refractivity (Wildman–Crippen MR) is 36.6 cm³/mol. The molecule has 4 heteroatoms. The van der Waals surface area contributed by atoms with Crippen molar-refractivity contribution in [1.82, 2.24) is 0 Å². The summed E-state index contributed by atoms with van der Waals surface area (Å²) >= 11 is 0. The van der Waals surface area contributed by atoms with Crippen molar-refractivity contribution in [3.8, 4) is 0 Å². The molecule has 51 valence electrons. The van der Waals surface area contributed by atoms with Crippen molar-refractivity contribution in [3.63, 3.8) is 0 Å². The molecule has 0 heterocycles. The maximum absolute atomic E-state index is 10.4. The summed E-state index contributed by atoms with van der Waals surface area (Å²) in [5.41, 5.74) is 0. The van der Waals surface area contributed by atoms with E-state index in [2.05, 4.69) is 10.2 Å². The second-order valence-corrected chi connectivity index (χ2v) is 3.70. The van der Waals surface area contributed by atoms with Gasteiger partial charge in [0.1, 0.15) is 0 Å². The summed E-state index contributed by atoms with van der Waals surface area (Å²) < 4.78 is 0. The Labute approximate surface area is 87.1 Å². The monoisotopic (exact) mass is 166 g/mol. The molecule has 0 aliphatic rings. The van der Waals surface area contributed by atoms with E-state index < -0.39 is 11.0 Å². The van der Waals surface area contributed by atoms with E-state index in [9.17, 15) is 4.79 Å². The van der Waals surface area contributed by atoms with Crippen LogP contribution in [-0.2, 0) is 4.79 Å². The van der Waals surface area contributed by atoms with Crippen LogP contribution in [0.2, 0.25) is 5.04 Å². The Morgan fingerprint density at radius 1 is 1.60 bits per heavy atom. The number of carbonyl (C=O) groups is 1. The Hall–Kier alpha value is 0.687. The summed E-state index contributed by atoms with van der Waals surface area (Å²) in [6.45, 7) is 5.37. The first-order valence-electron chi connectivity index (χ1n) is 2.87. The number of aliphatic carboxylic acids is 1. The molecule has 0 aromatic rings. The average molecular weight is 166 g/mol. The van der Waals surface area contributed by atoms with Crippen LogP contribution in [0.4, 0.5) is 0 Å². The molecule has 0 aliphatic heterocycles. The summed E-state index contributed by atoms with van der Waals surface area (Å²) in [5, 5.41) is 7.79. The Balaban J connectivity index is 0. The van der Waals surface area contributed by atoms with Crippen LogP contribution in [0.3, 0.4) is 0 Å². The van der Waals surface area contributed by atoms with Gasteiger partial charge in [-0.3, -0.25) is 4.79 Å². The van der Waals surface area contributed by atoms with Crippen LogP contribution in [-0.4, -0.2) is 21.3 Å². The smallest absolute Gasteiger partial charge is 0.481 e. The Morgan fingerprint density at radius 3 is 1.90 bits per heavy atom. The van der Waals surface area contributed by atoms with E-state index in [-0.39, 0.29) is 35.5 Å². The van der Waals surface area contributed by atoms with Crippen molar-refractivity contribution in [3.05, 3.63) is 0 Å². The van der Waals surface area contributed by atoms with Crippen LogP contribution in [0.25, 0.3) is 0 Å². The zero-order chi connectivity index (χ0) is 7.65. The second kappa shape index (κ2) is 4.54. The first kappa shape index (κ1) is 13.3. The van der Waals surface area contributed by atoms with Gasteiger partial charge in [0.05, 0.1) is 5.04 Å². The van der Waals surface area contributed by atoms with E-state index in [4.69, 9.17) is 5.11 Å². The van der Waals surface area contributed by atoms with E-state index in [0.29, 0.717) is 0 Å². The maximum atomic E-state index is 10.4. The standard InChI is InChI=1S/C6H11O2Si.Na/c1-4(2)6(3,9)5(7)8;/h4H,1-3H3,(H,7,8);/q;+1. The molecule has 0 aromatic heterocycles. The molecule has 0 fully saturated rings. The van der Waals surface area contributed by atoms with Gasteiger partial charge in [-0.25, -0.2) is 0 Å². The molecule has 0 saturated carbocycles. The van der Waals surface area contributed by atoms with Crippen LogP contribution in [0.5, 0.6) is 0 Å². The van der Waals surface area contributed by atoms with E-state index in [0.717, 1.165) is 0 Å². The molecular weight excluding hydrogens is 155 g/mol. The minimum atomic E-state index is -0.811. The van der Waals surface area contributed by atoms with Gasteiger partial charge in [-0.2, -0.15) is 0 Å². The zero-order valence-corrected chi connectivity index (χ0v) is 9.93. The van der Waals surface area contributed by atoms with Crippen LogP contribution < -0.4 is 29.6 Å². The topological polar surface area (TPSA) is 37.3 Å². The third kappa shape index (κ3) is 3.19. The SMILES string of the molecule is CC(C)C(C)([Si])C(=O)O.[Na+]. The number of rotatable bonds is 2. The van der Waals surface area contributed by atoms with Crippen LogP contribution in [0.15, 0.2) is 0 Å². The minimum Gasteiger partial charge on any atom is -0.481 e. The van der Waals surface area contributed by atoms with Crippen molar-refractivity contribution < 1.29 is 39.5 Å². The molecule has 0 spiro atoms. The fourth-order valence-electron chi connectivity index (χ4n) is 0.247. The first-order valence-corrected chi connectivity index (χ1v) is 3.37. The average Bonchev–Trinajstić information content (AvgIpc) is 1.65. The van der Waals surface area contributed by atoms with Crippen molar-refractivity contribution in [2.75, 3.05) is 0 Å². The molecule has 0 amide bonds. The van der Waals surface area contributed by atoms with Gasteiger partial charge in [-0.15, -0.1) is 0 Å². The van der Waals surface area contributed by atoms with Crippen molar-refractivity contribution in [2.45, 2.75) is 25.8 Å². The van der Waals surface area contributed by atoms with Gasteiger partial charge in [-0.1, -0.05) is 20.8 Å². The number of hydrogen-bond donors (Lipinski definition) is 1. The van der Waals surface area contributed by atoms with E-state index in [1.54, 1.807) is 6.92 Å². The first-order chi connectivity index (χ1) is 3.89. The number of carboxylic acids is 1. The molecule has 0 saturated heterocycles. The summed E-state index contributed by atoms with van der Waals surface area (Å²) in [6.07, 6.45) is 0. The molecule has 0 bridgehead atoms. The number of carboxylic acid groups (broad SMARTS) is 1. The van der Waals surface area contributed by atoms with Gasteiger partial charge in [0, 0.05) is 10.2 Å². The molecule has 10 heavy (non-hydrogen) atoms. The predicted octanol–water partition coefficient (Wildman–Crippen LogP) is -1.92. The van der Waals surface area contributed by atoms with Gasteiger partial charge in [0.2, 0.25) is 0 Å². The quantitative estimate of drug-likeness (QED) is 0.485. The Morgan fingerprint density at radius 2 is 1.90 bits per heavy atom. The van der Waals surface area contributed by atoms with Crippen molar-refractivity contribution in [2.24, 2.45) is 5.92 Å². The summed E-state index contributed by atoms with van der Waals surface area (Å²) in [6, 6.07) is 0. The van der Waals surface area contributed by atoms with Gasteiger partial charge in [0.15, 0.2) is 0 Å². The largest absolute Gasteiger partial charge is 1.00 e. The molecule has 0 aliphatic carbocycles. The van der Waals surface area contributed by atoms with Gasteiger partial charge in [0.25, 0.3) is 0 Å². The zero-order valence-electron chi connectivity index (χ0n) is 6.93. The maximum Gasteiger partial charge on any atom is 1.00 e. The van der Waals surface area contributed by atoms with Crippen LogP contribution >= 0.6 is 0 Å². The van der Waals surface area contributed by atoms with Gasteiger partial charge in [-0.05, 0) is 5.92 Å². The van der Waals surface area contributed by atoms with Crippen molar-refractivity contribution >= 4 is 16.2 Å². The van der Waals surface area contributed by atoms with Crippen LogP contribution in [0.1, 0.15) is 20.8 Å². The molecule has 0 aromatic carbocycles. The Bertz CT molecular complexity index is 123. The third-order valence-corrected chi connectivity index (χ3v) is 2.39. The molecule has 1 unspecified atom stereocenters. The van der Waals surface area contributed by atoms with Gasteiger partial charge >= 0.3 is 35.5 Å².